The highest BCUT2D eigenvalue weighted by Gasteiger charge is 2.29. The lowest BCUT2D eigenvalue weighted by molar-refractivity contribution is 0.0285. The Hall–Kier alpha value is -2.84. The molecule has 1 atom stereocenters. The highest BCUT2D eigenvalue weighted by atomic mass is 32.2. The molecule has 7 nitrogen and oxygen atoms in total. The molecule has 1 N–H and O–H groups in total. The predicted molar refractivity (Wildman–Crippen MR) is 119 cm³/mol. The van der Waals surface area contributed by atoms with Crippen LogP contribution in [0.3, 0.4) is 0 Å². The number of nitrogens with one attached hydrogen (secondary N) is 1. The molecule has 1 aliphatic rings. The van der Waals surface area contributed by atoms with Crippen molar-refractivity contribution in [3.05, 3.63) is 59.9 Å². The Morgan fingerprint density at radius 3 is 2.45 bits per heavy atom. The molecule has 1 unspecified atom stereocenters. The molecule has 1 fully saturated rings. The molecule has 0 radical (unpaired) electrons. The molecule has 8 heteroatoms. The number of rotatable bonds is 6. The normalized spacial score (nSPS) is 15.7. The second-order valence-electron chi connectivity index (χ2n) is 7.69. The minimum atomic E-state index is -3.92. The summed E-state index contributed by atoms with van der Waals surface area (Å²) in [4.78, 5) is 14.9. The van der Waals surface area contributed by atoms with Gasteiger partial charge >= 0.3 is 0 Å². The first-order valence-electron chi connectivity index (χ1n) is 10.4. The lowest BCUT2D eigenvalue weighted by Gasteiger charge is -2.26. The Kier molecular flexibility index (Phi) is 6.02. The number of ether oxygens (including phenoxy) is 1. The van der Waals surface area contributed by atoms with E-state index in [4.69, 9.17) is 9.15 Å². The number of fused-ring (bicyclic) bond motifs is 1. The Morgan fingerprint density at radius 1 is 1.10 bits per heavy atom. The van der Waals surface area contributed by atoms with E-state index in [9.17, 15) is 13.2 Å². The molecule has 1 amide bonds. The average Bonchev–Trinajstić information content (AvgIpc) is 3.16. The fraction of sp³-hybridized carbons (Fsp3) is 0.348. The van der Waals surface area contributed by atoms with E-state index in [-0.39, 0.29) is 22.3 Å². The van der Waals surface area contributed by atoms with Gasteiger partial charge in [-0.3, -0.25) is 9.52 Å². The third-order valence-corrected chi connectivity index (χ3v) is 7.06. The lowest BCUT2D eigenvalue weighted by Crippen LogP contribution is -2.40. The van der Waals surface area contributed by atoms with Gasteiger partial charge in [0.15, 0.2) is 0 Å². The Balaban J connectivity index is 1.70. The van der Waals surface area contributed by atoms with E-state index in [0.717, 1.165) is 12.0 Å². The molecule has 2 aromatic carbocycles. The minimum Gasteiger partial charge on any atom is -0.449 e. The second kappa shape index (κ2) is 8.72. The number of morpholine rings is 1. The van der Waals surface area contributed by atoms with Gasteiger partial charge < -0.3 is 14.1 Å². The maximum Gasteiger partial charge on any atom is 0.291 e. The summed E-state index contributed by atoms with van der Waals surface area (Å²) >= 11 is 0. The summed E-state index contributed by atoms with van der Waals surface area (Å²) in [6.07, 6.45) is 0.971. The van der Waals surface area contributed by atoms with Crippen LogP contribution in [0.25, 0.3) is 11.0 Å². The third kappa shape index (κ3) is 4.31. The summed E-state index contributed by atoms with van der Waals surface area (Å²) in [5, 5.41) is 0.541. The SMILES string of the molecule is CCC(C)c1ccc(S(=O)(=O)Nc2c(C(=O)N3CCOCC3)oc3ccccc23)cc1. The van der Waals surface area contributed by atoms with Crippen LogP contribution in [0.1, 0.15) is 42.3 Å². The Morgan fingerprint density at radius 2 is 1.77 bits per heavy atom. The highest BCUT2D eigenvalue weighted by Crippen LogP contribution is 2.34. The van der Waals surface area contributed by atoms with Crippen molar-refractivity contribution >= 4 is 32.6 Å². The van der Waals surface area contributed by atoms with Crippen LogP contribution in [0.5, 0.6) is 0 Å². The molecule has 0 bridgehead atoms. The minimum absolute atomic E-state index is 0.0112. The van der Waals surface area contributed by atoms with Crippen molar-refractivity contribution in [1.29, 1.82) is 0 Å². The van der Waals surface area contributed by atoms with Crippen molar-refractivity contribution in [2.75, 3.05) is 31.0 Å². The molecule has 4 rings (SSSR count). The lowest BCUT2D eigenvalue weighted by atomic mass is 9.99. The monoisotopic (exact) mass is 442 g/mol. The van der Waals surface area contributed by atoms with Crippen LogP contribution in [-0.2, 0) is 14.8 Å². The second-order valence-corrected chi connectivity index (χ2v) is 9.37. The van der Waals surface area contributed by atoms with Crippen LogP contribution in [0.4, 0.5) is 5.69 Å². The van der Waals surface area contributed by atoms with Crippen LogP contribution in [0.2, 0.25) is 0 Å². The molecule has 31 heavy (non-hydrogen) atoms. The molecule has 0 saturated carbocycles. The number of sulfonamides is 1. The topological polar surface area (TPSA) is 88.9 Å². The molecule has 0 aliphatic carbocycles. The molecule has 1 aliphatic heterocycles. The number of hydrogen-bond acceptors (Lipinski definition) is 5. The van der Waals surface area contributed by atoms with E-state index in [0.29, 0.717) is 43.2 Å². The van der Waals surface area contributed by atoms with Crippen molar-refractivity contribution in [1.82, 2.24) is 4.90 Å². The number of carbonyl (C=O) groups is 1. The molecular weight excluding hydrogens is 416 g/mol. The van der Waals surface area contributed by atoms with Gasteiger partial charge in [-0.2, -0.15) is 0 Å². The quantitative estimate of drug-likeness (QED) is 0.617. The van der Waals surface area contributed by atoms with Crippen LogP contribution in [0.15, 0.2) is 57.8 Å². The summed E-state index contributed by atoms with van der Waals surface area (Å²) < 4.78 is 40.0. The summed E-state index contributed by atoms with van der Waals surface area (Å²) in [6.45, 7) is 5.93. The fourth-order valence-corrected chi connectivity index (χ4v) is 4.70. The first kappa shape index (κ1) is 21.4. The van der Waals surface area contributed by atoms with Gasteiger partial charge in [0.2, 0.25) is 5.76 Å². The van der Waals surface area contributed by atoms with Crippen LogP contribution in [-0.4, -0.2) is 45.5 Å². The van der Waals surface area contributed by atoms with Gasteiger partial charge in [-0.25, -0.2) is 8.42 Å². The van der Waals surface area contributed by atoms with Gasteiger partial charge in [-0.05, 0) is 42.2 Å². The smallest absolute Gasteiger partial charge is 0.291 e. The number of nitrogens with zero attached hydrogens (tertiary/aromatic N) is 1. The first-order valence-corrected chi connectivity index (χ1v) is 11.9. The van der Waals surface area contributed by atoms with Crippen molar-refractivity contribution in [3.63, 3.8) is 0 Å². The first-order chi connectivity index (χ1) is 14.9. The molecule has 0 spiro atoms. The number of furan rings is 1. The number of benzene rings is 2. The Bertz CT molecular complexity index is 1180. The zero-order valence-corrected chi connectivity index (χ0v) is 18.4. The number of carbonyl (C=O) groups excluding carboxylic acids is 1. The van der Waals surface area contributed by atoms with Crippen molar-refractivity contribution < 1.29 is 22.4 Å². The fourth-order valence-electron chi connectivity index (χ4n) is 3.61. The van der Waals surface area contributed by atoms with Gasteiger partial charge in [-0.15, -0.1) is 0 Å². The molecule has 2 heterocycles. The molecule has 164 valence electrons. The van der Waals surface area contributed by atoms with Gasteiger partial charge in [0.05, 0.1) is 18.1 Å². The van der Waals surface area contributed by atoms with Gasteiger partial charge in [-0.1, -0.05) is 38.1 Å². The maximum absolute atomic E-state index is 13.1. The van der Waals surface area contributed by atoms with Crippen molar-refractivity contribution in [2.45, 2.75) is 31.1 Å². The average molecular weight is 443 g/mol. The van der Waals surface area contributed by atoms with E-state index in [1.54, 1.807) is 41.3 Å². The van der Waals surface area contributed by atoms with Crippen LogP contribution >= 0.6 is 0 Å². The number of anilines is 1. The van der Waals surface area contributed by atoms with E-state index in [1.807, 2.05) is 12.1 Å². The van der Waals surface area contributed by atoms with E-state index < -0.39 is 10.0 Å². The van der Waals surface area contributed by atoms with E-state index in [1.165, 1.54) is 0 Å². The van der Waals surface area contributed by atoms with E-state index >= 15 is 0 Å². The van der Waals surface area contributed by atoms with Gasteiger partial charge in [0.1, 0.15) is 11.3 Å². The zero-order valence-electron chi connectivity index (χ0n) is 17.6. The summed E-state index contributed by atoms with van der Waals surface area (Å²) in [5.41, 5.74) is 1.69. The zero-order chi connectivity index (χ0) is 22.0. The predicted octanol–water partition coefficient (Wildman–Crippen LogP) is 4.22. The van der Waals surface area contributed by atoms with Gasteiger partial charge in [0.25, 0.3) is 15.9 Å². The molecule has 1 aromatic heterocycles. The Labute approximate surface area is 182 Å². The third-order valence-electron chi connectivity index (χ3n) is 5.70. The maximum atomic E-state index is 13.1. The number of amides is 1. The molecular formula is C23H26N2O5S. The van der Waals surface area contributed by atoms with E-state index in [2.05, 4.69) is 18.6 Å². The molecule has 1 saturated heterocycles. The largest absolute Gasteiger partial charge is 0.449 e. The summed E-state index contributed by atoms with van der Waals surface area (Å²) in [7, 11) is -3.92. The van der Waals surface area contributed by atoms with Crippen molar-refractivity contribution in [3.8, 4) is 0 Å². The summed E-state index contributed by atoms with van der Waals surface area (Å²) in [6, 6.07) is 13.8. The summed E-state index contributed by atoms with van der Waals surface area (Å²) in [5.74, 6) is -0.0208. The number of para-hydroxylation sites is 1. The standard InChI is InChI=1S/C23H26N2O5S/c1-3-16(2)17-8-10-18(11-9-17)31(27,28)24-21-19-6-4-5-7-20(19)30-22(21)23(26)25-12-14-29-15-13-25/h4-11,16,24H,3,12-15H2,1-2H3. The van der Waals surface area contributed by atoms with Crippen molar-refractivity contribution in [2.24, 2.45) is 0 Å². The highest BCUT2D eigenvalue weighted by molar-refractivity contribution is 7.92. The number of hydrogen-bond donors (Lipinski definition) is 1. The van der Waals surface area contributed by atoms with Gasteiger partial charge in [0, 0.05) is 18.5 Å². The van der Waals surface area contributed by atoms with Crippen LogP contribution in [0, 0.1) is 0 Å². The molecule has 3 aromatic rings. The van der Waals surface area contributed by atoms with Crippen LogP contribution < -0.4 is 4.72 Å².